The highest BCUT2D eigenvalue weighted by Gasteiger charge is 2.15. The molecule has 1 saturated heterocycles. The van der Waals surface area contributed by atoms with Crippen LogP contribution in [0.2, 0.25) is 0 Å². The van der Waals surface area contributed by atoms with Crippen molar-refractivity contribution in [1.82, 2.24) is 20.6 Å². The maximum Gasteiger partial charge on any atom is 0.204 e. The van der Waals surface area contributed by atoms with Crippen LogP contribution in [0.25, 0.3) is 11.4 Å². The Kier molecular flexibility index (Phi) is 2.96. The lowest BCUT2D eigenvalue weighted by atomic mass is 10.1. The second-order valence-electron chi connectivity index (χ2n) is 4.02. The minimum Gasteiger partial charge on any atom is -0.381 e. The number of hydrogen-bond acceptors (Lipinski definition) is 5. The summed E-state index contributed by atoms with van der Waals surface area (Å²) in [4.78, 5) is 0. The highest BCUT2D eigenvalue weighted by molar-refractivity contribution is 7.99. The average molecular weight is 247 g/mol. The zero-order chi connectivity index (χ0) is 11.5. The van der Waals surface area contributed by atoms with Crippen molar-refractivity contribution in [2.75, 3.05) is 16.8 Å². The lowest BCUT2D eigenvalue weighted by Gasteiger charge is -2.13. The molecule has 0 radical (unpaired) electrons. The number of nitrogens with zero attached hydrogens (tertiary/aromatic N) is 3. The third kappa shape index (κ3) is 2.41. The Morgan fingerprint density at radius 2 is 2.41 bits per heavy atom. The number of benzene rings is 1. The standard InChI is InChI=1S/C11H13N5S/c1-2-8(11-13-15-16-14-11)6-9(3-1)12-10-4-5-17-7-10/h1-3,6,10,12H,4-5,7H2,(H,13,14,15,16). The molecule has 0 saturated carbocycles. The average Bonchev–Trinajstić information content (AvgIpc) is 3.01. The molecule has 88 valence electrons. The van der Waals surface area contributed by atoms with E-state index in [-0.39, 0.29) is 0 Å². The van der Waals surface area contributed by atoms with Crippen LogP contribution in [0.5, 0.6) is 0 Å². The van der Waals surface area contributed by atoms with Gasteiger partial charge in [0.05, 0.1) is 0 Å². The summed E-state index contributed by atoms with van der Waals surface area (Å²) in [5.41, 5.74) is 2.11. The number of aromatic amines is 1. The molecule has 1 unspecified atom stereocenters. The lowest BCUT2D eigenvalue weighted by Crippen LogP contribution is -2.17. The molecule has 1 atom stereocenters. The first kappa shape index (κ1) is 10.6. The van der Waals surface area contributed by atoms with E-state index in [0.29, 0.717) is 11.9 Å². The fourth-order valence-electron chi connectivity index (χ4n) is 1.92. The number of rotatable bonds is 3. The van der Waals surface area contributed by atoms with E-state index in [0.717, 1.165) is 11.3 Å². The number of H-pyrrole nitrogens is 1. The molecular weight excluding hydrogens is 234 g/mol. The Labute approximate surface area is 103 Å². The number of hydrogen-bond donors (Lipinski definition) is 2. The quantitative estimate of drug-likeness (QED) is 0.865. The molecule has 1 fully saturated rings. The van der Waals surface area contributed by atoms with Crippen LogP contribution in [-0.2, 0) is 0 Å². The summed E-state index contributed by atoms with van der Waals surface area (Å²) in [6.45, 7) is 0. The maximum atomic E-state index is 3.98. The normalized spacial score (nSPS) is 19.4. The predicted molar refractivity (Wildman–Crippen MR) is 69.0 cm³/mol. The summed E-state index contributed by atoms with van der Waals surface area (Å²) in [5, 5.41) is 17.5. The van der Waals surface area contributed by atoms with Gasteiger partial charge in [-0.2, -0.15) is 17.0 Å². The number of anilines is 1. The monoisotopic (exact) mass is 247 g/mol. The van der Waals surface area contributed by atoms with E-state index in [1.165, 1.54) is 17.9 Å². The molecule has 1 aromatic heterocycles. The first-order valence-electron chi connectivity index (χ1n) is 5.60. The van der Waals surface area contributed by atoms with Gasteiger partial charge in [-0.25, -0.2) is 0 Å². The summed E-state index contributed by atoms with van der Waals surface area (Å²) in [5.74, 6) is 3.07. The summed E-state index contributed by atoms with van der Waals surface area (Å²) in [7, 11) is 0. The van der Waals surface area contributed by atoms with Crippen LogP contribution in [0.1, 0.15) is 6.42 Å². The van der Waals surface area contributed by atoms with Crippen molar-refractivity contribution in [1.29, 1.82) is 0 Å². The van der Waals surface area contributed by atoms with Gasteiger partial charge in [0.2, 0.25) is 5.82 Å². The Morgan fingerprint density at radius 1 is 1.41 bits per heavy atom. The Balaban J connectivity index is 1.79. The van der Waals surface area contributed by atoms with E-state index in [2.05, 4.69) is 38.1 Å². The van der Waals surface area contributed by atoms with Gasteiger partial charge in [-0.3, -0.25) is 0 Å². The third-order valence-electron chi connectivity index (χ3n) is 2.77. The molecule has 2 N–H and O–H groups in total. The van der Waals surface area contributed by atoms with Crippen molar-refractivity contribution in [2.45, 2.75) is 12.5 Å². The van der Waals surface area contributed by atoms with Crippen LogP contribution in [0.4, 0.5) is 5.69 Å². The van der Waals surface area contributed by atoms with Crippen LogP contribution in [0.3, 0.4) is 0 Å². The van der Waals surface area contributed by atoms with Crippen molar-refractivity contribution >= 4 is 17.4 Å². The highest BCUT2D eigenvalue weighted by Crippen LogP contribution is 2.23. The third-order valence-corrected chi connectivity index (χ3v) is 3.93. The van der Waals surface area contributed by atoms with E-state index in [1.54, 1.807) is 0 Å². The maximum absolute atomic E-state index is 3.98. The second-order valence-corrected chi connectivity index (χ2v) is 5.17. The SMILES string of the molecule is c1cc(NC2CCSC2)cc(-c2nn[nH]n2)c1. The van der Waals surface area contributed by atoms with Crippen molar-refractivity contribution in [3.8, 4) is 11.4 Å². The number of thioether (sulfide) groups is 1. The van der Waals surface area contributed by atoms with Crippen molar-refractivity contribution in [2.24, 2.45) is 0 Å². The molecule has 6 heteroatoms. The van der Waals surface area contributed by atoms with Gasteiger partial charge >= 0.3 is 0 Å². The zero-order valence-electron chi connectivity index (χ0n) is 9.26. The van der Waals surface area contributed by atoms with Crippen LogP contribution in [0.15, 0.2) is 24.3 Å². The van der Waals surface area contributed by atoms with Gasteiger partial charge < -0.3 is 5.32 Å². The van der Waals surface area contributed by atoms with E-state index in [9.17, 15) is 0 Å². The van der Waals surface area contributed by atoms with Crippen molar-refractivity contribution < 1.29 is 0 Å². The molecular formula is C11H13N5S. The molecule has 0 spiro atoms. The topological polar surface area (TPSA) is 66.5 Å². The Morgan fingerprint density at radius 3 is 3.18 bits per heavy atom. The number of nitrogens with one attached hydrogen (secondary N) is 2. The Bertz CT molecular complexity index is 478. The molecule has 2 heterocycles. The zero-order valence-corrected chi connectivity index (χ0v) is 10.1. The molecule has 0 aliphatic carbocycles. The number of aromatic nitrogens is 4. The van der Waals surface area contributed by atoms with E-state index >= 15 is 0 Å². The smallest absolute Gasteiger partial charge is 0.204 e. The van der Waals surface area contributed by atoms with E-state index < -0.39 is 0 Å². The van der Waals surface area contributed by atoms with Gasteiger partial charge in [0.15, 0.2) is 0 Å². The van der Waals surface area contributed by atoms with Gasteiger partial charge in [0.25, 0.3) is 0 Å². The summed E-state index contributed by atoms with van der Waals surface area (Å²) in [6.07, 6.45) is 1.23. The summed E-state index contributed by atoms with van der Waals surface area (Å²) >= 11 is 2.00. The minimum atomic E-state index is 0.584. The predicted octanol–water partition coefficient (Wildman–Crippen LogP) is 1.78. The van der Waals surface area contributed by atoms with Crippen molar-refractivity contribution in [3.63, 3.8) is 0 Å². The van der Waals surface area contributed by atoms with Gasteiger partial charge in [-0.1, -0.05) is 12.1 Å². The molecule has 1 aliphatic rings. The highest BCUT2D eigenvalue weighted by atomic mass is 32.2. The fraction of sp³-hybridized carbons (Fsp3) is 0.364. The fourth-order valence-corrected chi connectivity index (χ4v) is 3.07. The molecule has 17 heavy (non-hydrogen) atoms. The molecule has 1 aromatic carbocycles. The first-order valence-corrected chi connectivity index (χ1v) is 6.75. The van der Waals surface area contributed by atoms with Gasteiger partial charge in [-0.05, 0) is 29.5 Å². The van der Waals surface area contributed by atoms with Gasteiger partial charge in [0, 0.05) is 23.0 Å². The largest absolute Gasteiger partial charge is 0.381 e. The van der Waals surface area contributed by atoms with Crippen LogP contribution < -0.4 is 5.32 Å². The van der Waals surface area contributed by atoms with E-state index in [1.807, 2.05) is 23.9 Å². The van der Waals surface area contributed by atoms with Crippen molar-refractivity contribution in [3.05, 3.63) is 24.3 Å². The Hall–Kier alpha value is -1.56. The molecule has 0 bridgehead atoms. The molecule has 2 aromatic rings. The van der Waals surface area contributed by atoms with Gasteiger partial charge in [-0.15, -0.1) is 10.2 Å². The molecule has 5 nitrogen and oxygen atoms in total. The minimum absolute atomic E-state index is 0.584. The molecule has 0 amide bonds. The van der Waals surface area contributed by atoms with Gasteiger partial charge in [0.1, 0.15) is 0 Å². The van der Waals surface area contributed by atoms with Crippen LogP contribution >= 0.6 is 11.8 Å². The first-order chi connectivity index (χ1) is 8.42. The van der Waals surface area contributed by atoms with Crippen LogP contribution in [-0.4, -0.2) is 38.2 Å². The lowest BCUT2D eigenvalue weighted by molar-refractivity contribution is 0.813. The number of tetrazole rings is 1. The molecule has 3 rings (SSSR count). The van der Waals surface area contributed by atoms with Crippen LogP contribution in [0, 0.1) is 0 Å². The molecule has 1 aliphatic heterocycles. The van der Waals surface area contributed by atoms with E-state index in [4.69, 9.17) is 0 Å². The summed E-state index contributed by atoms with van der Waals surface area (Å²) < 4.78 is 0. The summed E-state index contributed by atoms with van der Waals surface area (Å²) in [6, 6.07) is 8.72. The second kappa shape index (κ2) is 4.75.